The van der Waals surface area contributed by atoms with Crippen LogP contribution in [0.2, 0.25) is 0 Å². The molecule has 1 saturated carbocycles. The van der Waals surface area contributed by atoms with E-state index in [4.69, 9.17) is 0 Å². The summed E-state index contributed by atoms with van der Waals surface area (Å²) in [4.78, 5) is 26.6. The highest BCUT2D eigenvalue weighted by Gasteiger charge is 2.36. The van der Waals surface area contributed by atoms with Crippen LogP contribution in [0.5, 0.6) is 0 Å². The van der Waals surface area contributed by atoms with Gasteiger partial charge in [-0.15, -0.1) is 0 Å². The summed E-state index contributed by atoms with van der Waals surface area (Å²) in [5, 5.41) is 6.19. The third-order valence-corrected chi connectivity index (χ3v) is 6.68. The van der Waals surface area contributed by atoms with Crippen molar-refractivity contribution in [2.75, 3.05) is 32.7 Å². The Morgan fingerprint density at radius 1 is 1.10 bits per heavy atom. The summed E-state index contributed by atoms with van der Waals surface area (Å²) >= 11 is 0. The van der Waals surface area contributed by atoms with Crippen LogP contribution < -0.4 is 10.6 Å². The lowest BCUT2D eigenvalue weighted by molar-refractivity contribution is -0.123. The number of nitrogens with zero attached hydrogens (tertiary/aromatic N) is 1. The van der Waals surface area contributed by atoms with E-state index < -0.39 is 0 Å². The minimum atomic E-state index is -0.221. The molecule has 2 aliphatic rings. The highest BCUT2D eigenvalue weighted by atomic mass is 19.1. The Morgan fingerprint density at radius 2 is 1.83 bits per heavy atom. The Kier molecular flexibility index (Phi) is 8.25. The van der Waals surface area contributed by atoms with Crippen LogP contribution in [0.15, 0.2) is 24.3 Å². The van der Waals surface area contributed by atoms with Crippen LogP contribution in [0.1, 0.15) is 63.9 Å². The molecule has 0 bridgehead atoms. The smallest absolute Gasteiger partial charge is 0.234 e. The molecular formula is C24H36FN3O2. The lowest BCUT2D eigenvalue weighted by Gasteiger charge is -2.33. The zero-order valence-electron chi connectivity index (χ0n) is 18.2. The summed E-state index contributed by atoms with van der Waals surface area (Å²) in [6, 6.07) is 6.78. The molecule has 2 N–H and O–H groups in total. The first-order valence-electron chi connectivity index (χ1n) is 11.5. The molecule has 0 radical (unpaired) electrons. The third-order valence-electron chi connectivity index (χ3n) is 6.68. The van der Waals surface area contributed by atoms with E-state index in [1.165, 1.54) is 12.1 Å². The first kappa shape index (κ1) is 22.7. The molecule has 3 rings (SSSR count). The van der Waals surface area contributed by atoms with E-state index in [-0.39, 0.29) is 23.0 Å². The van der Waals surface area contributed by atoms with Crippen molar-refractivity contribution >= 4 is 11.8 Å². The van der Waals surface area contributed by atoms with Gasteiger partial charge >= 0.3 is 0 Å². The van der Waals surface area contributed by atoms with Gasteiger partial charge in [-0.05, 0) is 62.3 Å². The van der Waals surface area contributed by atoms with Gasteiger partial charge in [0.2, 0.25) is 11.8 Å². The molecule has 1 unspecified atom stereocenters. The van der Waals surface area contributed by atoms with Crippen LogP contribution in [0, 0.1) is 11.7 Å². The van der Waals surface area contributed by atoms with Crippen molar-refractivity contribution in [1.29, 1.82) is 0 Å². The fraction of sp³-hybridized carbons (Fsp3) is 0.667. The summed E-state index contributed by atoms with van der Waals surface area (Å²) in [6.45, 7) is 5.50. The Balaban J connectivity index is 1.47. The number of carbonyl (C=O) groups is 2. The normalized spacial score (nSPS) is 21.3. The molecule has 1 aliphatic heterocycles. The first-order chi connectivity index (χ1) is 14.5. The standard InChI is InChI=1S/C24H36FN3O2/c1-2-6-22(29)26-15-19-7-5-14-28(16-19)17-23(30)27-18-24(12-3-4-13-24)20-8-10-21(25)11-9-20/h8-11,19H,2-7,12-18H2,1H3,(H,26,29)(H,27,30). The number of hydrogen-bond donors (Lipinski definition) is 2. The minimum Gasteiger partial charge on any atom is -0.356 e. The van der Waals surface area contributed by atoms with Crippen LogP contribution in [0.25, 0.3) is 0 Å². The fourth-order valence-corrected chi connectivity index (χ4v) is 4.98. The average Bonchev–Trinajstić information content (AvgIpc) is 3.22. The largest absolute Gasteiger partial charge is 0.356 e. The van der Waals surface area contributed by atoms with Crippen molar-refractivity contribution in [3.05, 3.63) is 35.6 Å². The number of nitrogens with one attached hydrogen (secondary N) is 2. The van der Waals surface area contributed by atoms with E-state index in [1.807, 2.05) is 19.1 Å². The maximum Gasteiger partial charge on any atom is 0.234 e. The van der Waals surface area contributed by atoms with E-state index in [0.717, 1.165) is 63.6 Å². The Hall–Kier alpha value is -1.95. The molecule has 166 valence electrons. The molecule has 5 nitrogen and oxygen atoms in total. The fourth-order valence-electron chi connectivity index (χ4n) is 4.98. The van der Waals surface area contributed by atoms with Gasteiger partial charge < -0.3 is 10.6 Å². The lowest BCUT2D eigenvalue weighted by atomic mass is 9.79. The number of likely N-dealkylation sites (tertiary alicyclic amines) is 1. The monoisotopic (exact) mass is 417 g/mol. The van der Waals surface area contributed by atoms with Crippen molar-refractivity contribution in [3.63, 3.8) is 0 Å². The van der Waals surface area contributed by atoms with E-state index >= 15 is 0 Å². The molecule has 1 heterocycles. The number of halogens is 1. The summed E-state index contributed by atoms with van der Waals surface area (Å²) in [6.07, 6.45) is 7.94. The van der Waals surface area contributed by atoms with Gasteiger partial charge in [-0.25, -0.2) is 4.39 Å². The first-order valence-corrected chi connectivity index (χ1v) is 11.5. The van der Waals surface area contributed by atoms with Crippen molar-refractivity contribution in [2.24, 2.45) is 5.92 Å². The van der Waals surface area contributed by atoms with Gasteiger partial charge in [0, 0.05) is 31.5 Å². The second kappa shape index (κ2) is 10.9. The Labute approximate surface area is 179 Å². The van der Waals surface area contributed by atoms with Crippen molar-refractivity contribution in [1.82, 2.24) is 15.5 Å². The number of amides is 2. The molecular weight excluding hydrogens is 381 g/mol. The molecule has 30 heavy (non-hydrogen) atoms. The van der Waals surface area contributed by atoms with Gasteiger partial charge in [-0.2, -0.15) is 0 Å². The summed E-state index contributed by atoms with van der Waals surface area (Å²) in [5.74, 6) is 0.364. The molecule has 1 aromatic carbocycles. The quantitative estimate of drug-likeness (QED) is 0.648. The van der Waals surface area contributed by atoms with Gasteiger partial charge in [0.15, 0.2) is 0 Å². The summed E-state index contributed by atoms with van der Waals surface area (Å²) < 4.78 is 13.3. The van der Waals surface area contributed by atoms with Gasteiger partial charge in [-0.3, -0.25) is 14.5 Å². The minimum absolute atomic E-state index is 0.0547. The summed E-state index contributed by atoms with van der Waals surface area (Å²) in [7, 11) is 0. The highest BCUT2D eigenvalue weighted by Crippen LogP contribution is 2.40. The molecule has 1 saturated heterocycles. The zero-order valence-corrected chi connectivity index (χ0v) is 18.2. The number of carbonyl (C=O) groups excluding carboxylic acids is 2. The van der Waals surface area contributed by atoms with E-state index in [2.05, 4.69) is 15.5 Å². The van der Waals surface area contributed by atoms with Crippen molar-refractivity contribution in [2.45, 2.75) is 63.7 Å². The second-order valence-electron chi connectivity index (χ2n) is 9.07. The maximum atomic E-state index is 13.3. The number of hydrogen-bond acceptors (Lipinski definition) is 3. The SMILES string of the molecule is CCCC(=O)NCC1CCCN(CC(=O)NCC2(c3ccc(F)cc3)CCCC2)C1. The van der Waals surface area contributed by atoms with Crippen LogP contribution in [-0.2, 0) is 15.0 Å². The number of rotatable bonds is 9. The maximum absolute atomic E-state index is 13.3. The van der Waals surface area contributed by atoms with Crippen LogP contribution in [0.3, 0.4) is 0 Å². The molecule has 1 aliphatic carbocycles. The van der Waals surface area contributed by atoms with Gasteiger partial charge in [0.05, 0.1) is 6.54 Å². The highest BCUT2D eigenvalue weighted by molar-refractivity contribution is 5.78. The van der Waals surface area contributed by atoms with E-state index in [1.54, 1.807) is 0 Å². The predicted molar refractivity (Wildman–Crippen MR) is 117 cm³/mol. The zero-order chi connectivity index (χ0) is 21.4. The van der Waals surface area contributed by atoms with Crippen LogP contribution >= 0.6 is 0 Å². The number of piperidine rings is 1. The molecule has 1 atom stereocenters. The predicted octanol–water partition coefficient (Wildman–Crippen LogP) is 3.38. The van der Waals surface area contributed by atoms with Crippen molar-refractivity contribution < 1.29 is 14.0 Å². The topological polar surface area (TPSA) is 61.4 Å². The molecule has 1 aromatic rings. The molecule has 2 fully saturated rings. The van der Waals surface area contributed by atoms with Gasteiger partial charge in [-0.1, -0.05) is 31.9 Å². The molecule has 2 amide bonds. The lowest BCUT2D eigenvalue weighted by Crippen LogP contribution is -2.47. The Morgan fingerprint density at radius 3 is 2.53 bits per heavy atom. The molecule has 0 aromatic heterocycles. The Bertz CT molecular complexity index is 701. The van der Waals surface area contributed by atoms with Crippen LogP contribution in [-0.4, -0.2) is 49.4 Å². The average molecular weight is 418 g/mol. The third kappa shape index (κ3) is 6.27. The van der Waals surface area contributed by atoms with Crippen LogP contribution in [0.4, 0.5) is 4.39 Å². The van der Waals surface area contributed by atoms with Gasteiger partial charge in [0.1, 0.15) is 5.82 Å². The van der Waals surface area contributed by atoms with Gasteiger partial charge in [0.25, 0.3) is 0 Å². The van der Waals surface area contributed by atoms with Crippen molar-refractivity contribution in [3.8, 4) is 0 Å². The molecule has 6 heteroatoms. The summed E-state index contributed by atoms with van der Waals surface area (Å²) in [5.41, 5.74) is 1.06. The molecule has 0 spiro atoms. The van der Waals surface area contributed by atoms with E-state index in [9.17, 15) is 14.0 Å². The number of benzene rings is 1. The second-order valence-corrected chi connectivity index (χ2v) is 9.07. The van der Waals surface area contributed by atoms with E-state index in [0.29, 0.717) is 32.0 Å².